The molecule has 0 aliphatic rings. The lowest BCUT2D eigenvalue weighted by Gasteiger charge is -2.10. The Morgan fingerprint density at radius 3 is 2.80 bits per heavy atom. The van der Waals surface area contributed by atoms with Crippen molar-refractivity contribution in [3.05, 3.63) is 52.5 Å². The van der Waals surface area contributed by atoms with E-state index >= 15 is 0 Å². The van der Waals surface area contributed by atoms with Gasteiger partial charge in [-0.1, -0.05) is 17.7 Å². The van der Waals surface area contributed by atoms with Crippen LogP contribution in [0.4, 0.5) is 5.95 Å². The molecule has 0 unspecified atom stereocenters. The maximum absolute atomic E-state index is 9.05. The Bertz CT molecular complexity index is 858. The Hall–Kier alpha value is -2.51. The maximum Gasteiger partial charge on any atom is 0.205 e. The van der Waals surface area contributed by atoms with Crippen molar-refractivity contribution in [2.24, 2.45) is 0 Å². The largest absolute Gasteiger partial charge is 0.369 e. The van der Waals surface area contributed by atoms with Gasteiger partial charge >= 0.3 is 0 Å². The van der Waals surface area contributed by atoms with Crippen LogP contribution in [0.3, 0.4) is 0 Å². The molecule has 0 saturated carbocycles. The maximum atomic E-state index is 9.05. The Morgan fingerprint density at radius 1 is 1.25 bits per heavy atom. The molecule has 2 aromatic carbocycles. The molecule has 5 heteroatoms. The molecular weight excluding hydrogens is 272 g/mol. The van der Waals surface area contributed by atoms with Gasteiger partial charge in [0.25, 0.3) is 0 Å². The summed E-state index contributed by atoms with van der Waals surface area (Å²) in [6.07, 6.45) is 0. The quantitative estimate of drug-likeness (QED) is 0.743. The van der Waals surface area contributed by atoms with Crippen molar-refractivity contribution in [1.82, 2.24) is 9.55 Å². The van der Waals surface area contributed by atoms with E-state index in [2.05, 4.69) is 11.1 Å². The third-order valence-corrected chi connectivity index (χ3v) is 3.46. The Labute approximate surface area is 121 Å². The number of fused-ring (bicyclic) bond motifs is 1. The summed E-state index contributed by atoms with van der Waals surface area (Å²) >= 11 is 5.97. The number of imidazole rings is 1. The van der Waals surface area contributed by atoms with Crippen molar-refractivity contribution >= 4 is 28.6 Å². The minimum absolute atomic E-state index is 0.375. The van der Waals surface area contributed by atoms with Gasteiger partial charge in [0.15, 0.2) is 0 Å². The molecule has 4 nitrogen and oxygen atoms in total. The van der Waals surface area contributed by atoms with E-state index in [9.17, 15) is 0 Å². The average molecular weight is 283 g/mol. The predicted molar refractivity (Wildman–Crippen MR) is 79.9 cm³/mol. The molecule has 3 rings (SSSR count). The molecule has 0 fully saturated rings. The second kappa shape index (κ2) is 4.55. The van der Waals surface area contributed by atoms with Crippen molar-refractivity contribution in [3.63, 3.8) is 0 Å². The molecule has 0 atom stereocenters. The van der Waals surface area contributed by atoms with Crippen molar-refractivity contribution in [1.29, 1.82) is 5.26 Å². The molecule has 1 aromatic heterocycles. The molecule has 3 aromatic rings. The van der Waals surface area contributed by atoms with E-state index < -0.39 is 0 Å². The fraction of sp³-hybridized carbons (Fsp3) is 0.0667. The molecular formula is C15H11ClN4. The number of rotatable bonds is 1. The lowest BCUT2D eigenvalue weighted by molar-refractivity contribution is 1.09. The van der Waals surface area contributed by atoms with E-state index in [1.54, 1.807) is 24.3 Å². The topological polar surface area (TPSA) is 67.6 Å². The minimum Gasteiger partial charge on any atom is -0.369 e. The van der Waals surface area contributed by atoms with E-state index in [1.165, 1.54) is 0 Å². The standard InChI is InChI=1S/C15H11ClN4/c1-9-2-3-10(8-17)6-14(9)20-13-5-4-11(16)7-12(13)19-15(20)18/h2-7H,1H3,(H2,18,19). The molecule has 20 heavy (non-hydrogen) atoms. The number of hydrogen-bond donors (Lipinski definition) is 1. The van der Waals surface area contributed by atoms with Crippen LogP contribution in [0.15, 0.2) is 36.4 Å². The second-order valence-corrected chi connectivity index (χ2v) is 4.99. The molecule has 1 heterocycles. The van der Waals surface area contributed by atoms with Gasteiger partial charge in [-0.2, -0.15) is 5.26 Å². The monoisotopic (exact) mass is 282 g/mol. The predicted octanol–water partition coefficient (Wildman–Crippen LogP) is 3.44. The van der Waals surface area contributed by atoms with E-state index in [1.807, 2.05) is 23.6 Å². The van der Waals surface area contributed by atoms with E-state index in [-0.39, 0.29) is 0 Å². The minimum atomic E-state index is 0.375. The molecule has 0 spiro atoms. The number of nitrogens with two attached hydrogens (primary N) is 1. The molecule has 0 bridgehead atoms. The molecule has 0 saturated heterocycles. The van der Waals surface area contributed by atoms with Gasteiger partial charge in [0.1, 0.15) is 0 Å². The van der Waals surface area contributed by atoms with E-state index in [4.69, 9.17) is 22.6 Å². The first-order valence-electron chi connectivity index (χ1n) is 6.05. The fourth-order valence-electron chi connectivity index (χ4n) is 2.25. The number of aromatic nitrogens is 2. The molecule has 2 N–H and O–H groups in total. The number of benzene rings is 2. The van der Waals surface area contributed by atoms with Crippen molar-refractivity contribution < 1.29 is 0 Å². The van der Waals surface area contributed by atoms with Crippen LogP contribution in [0, 0.1) is 18.3 Å². The van der Waals surface area contributed by atoms with E-state index in [0.29, 0.717) is 16.5 Å². The number of aryl methyl sites for hydroxylation is 1. The molecule has 0 radical (unpaired) electrons. The highest BCUT2D eigenvalue weighted by Gasteiger charge is 2.12. The van der Waals surface area contributed by atoms with Crippen LogP contribution < -0.4 is 5.73 Å². The van der Waals surface area contributed by atoms with E-state index in [0.717, 1.165) is 22.3 Å². The third kappa shape index (κ3) is 1.89. The molecule has 98 valence electrons. The summed E-state index contributed by atoms with van der Waals surface area (Å²) in [5.41, 5.74) is 10.1. The zero-order chi connectivity index (χ0) is 14.3. The Morgan fingerprint density at radius 2 is 2.05 bits per heavy atom. The summed E-state index contributed by atoms with van der Waals surface area (Å²) in [7, 11) is 0. The summed E-state index contributed by atoms with van der Waals surface area (Å²) in [5.74, 6) is 0.375. The Kier molecular flexibility index (Phi) is 2.85. The number of nitrogens with zero attached hydrogens (tertiary/aromatic N) is 3. The van der Waals surface area contributed by atoms with Gasteiger partial charge in [0.2, 0.25) is 5.95 Å². The Balaban J connectivity index is 2.35. The van der Waals surface area contributed by atoms with Crippen LogP contribution >= 0.6 is 11.6 Å². The van der Waals surface area contributed by atoms with Gasteiger partial charge in [0, 0.05) is 5.02 Å². The number of halogens is 1. The van der Waals surface area contributed by atoms with Gasteiger partial charge in [-0.25, -0.2) is 4.98 Å². The van der Waals surface area contributed by atoms with Crippen molar-refractivity contribution in [2.75, 3.05) is 5.73 Å². The first-order chi connectivity index (χ1) is 9.60. The molecule has 0 aliphatic heterocycles. The lowest BCUT2D eigenvalue weighted by atomic mass is 10.1. The lowest BCUT2D eigenvalue weighted by Crippen LogP contribution is -2.02. The van der Waals surface area contributed by atoms with Crippen molar-refractivity contribution in [3.8, 4) is 11.8 Å². The zero-order valence-electron chi connectivity index (χ0n) is 10.8. The highest BCUT2D eigenvalue weighted by Crippen LogP contribution is 2.27. The van der Waals surface area contributed by atoms with Gasteiger partial charge in [-0.3, -0.25) is 4.57 Å². The fourth-order valence-corrected chi connectivity index (χ4v) is 2.41. The second-order valence-electron chi connectivity index (χ2n) is 4.55. The summed E-state index contributed by atoms with van der Waals surface area (Å²) in [6.45, 7) is 1.97. The van der Waals surface area contributed by atoms with Gasteiger partial charge in [-0.15, -0.1) is 0 Å². The highest BCUT2D eigenvalue weighted by atomic mass is 35.5. The van der Waals surface area contributed by atoms with Gasteiger partial charge in [-0.05, 0) is 42.8 Å². The normalized spacial score (nSPS) is 10.7. The smallest absolute Gasteiger partial charge is 0.205 e. The first-order valence-corrected chi connectivity index (χ1v) is 6.42. The highest BCUT2D eigenvalue weighted by molar-refractivity contribution is 6.31. The number of nitrogen functional groups attached to an aromatic ring is 1. The van der Waals surface area contributed by atoms with Crippen LogP contribution in [0.2, 0.25) is 5.02 Å². The summed E-state index contributed by atoms with van der Waals surface area (Å²) in [4.78, 5) is 4.32. The summed E-state index contributed by atoms with van der Waals surface area (Å²) in [6, 6.07) is 13.1. The number of nitriles is 1. The van der Waals surface area contributed by atoms with Gasteiger partial charge < -0.3 is 5.73 Å². The van der Waals surface area contributed by atoms with Crippen LogP contribution in [-0.2, 0) is 0 Å². The van der Waals surface area contributed by atoms with Crippen molar-refractivity contribution in [2.45, 2.75) is 6.92 Å². The summed E-state index contributed by atoms with van der Waals surface area (Å²) < 4.78 is 1.84. The molecule has 0 aliphatic carbocycles. The third-order valence-electron chi connectivity index (χ3n) is 3.22. The van der Waals surface area contributed by atoms with Crippen LogP contribution in [-0.4, -0.2) is 9.55 Å². The van der Waals surface area contributed by atoms with Crippen LogP contribution in [0.25, 0.3) is 16.7 Å². The van der Waals surface area contributed by atoms with Crippen LogP contribution in [0.5, 0.6) is 0 Å². The summed E-state index contributed by atoms with van der Waals surface area (Å²) in [5, 5.41) is 9.66. The number of hydrogen-bond acceptors (Lipinski definition) is 3. The molecule has 0 amide bonds. The zero-order valence-corrected chi connectivity index (χ0v) is 11.5. The SMILES string of the molecule is Cc1ccc(C#N)cc1-n1c(N)nc2cc(Cl)ccc21. The number of anilines is 1. The van der Waals surface area contributed by atoms with Crippen LogP contribution in [0.1, 0.15) is 11.1 Å². The average Bonchev–Trinajstić information content (AvgIpc) is 2.74. The van der Waals surface area contributed by atoms with Gasteiger partial charge in [0.05, 0.1) is 28.4 Å². The first kappa shape index (κ1) is 12.5.